The number of hydrogen-bond donors (Lipinski definition) is 0. The third-order valence-corrected chi connectivity index (χ3v) is 10.2. The fourth-order valence-electron chi connectivity index (χ4n) is 7.45. The molecule has 0 saturated carbocycles. The van der Waals surface area contributed by atoms with E-state index in [4.69, 9.17) is 0 Å². The second-order valence-corrected chi connectivity index (χ2v) is 11.9. The Bertz CT molecular complexity index is 2350. The predicted molar refractivity (Wildman–Crippen MR) is 173 cm³/mol. The highest BCUT2D eigenvalue weighted by Gasteiger charge is 2.41. The van der Waals surface area contributed by atoms with Crippen molar-refractivity contribution < 1.29 is 0 Å². The van der Waals surface area contributed by atoms with Gasteiger partial charge in [0.05, 0.1) is 10.2 Å². The largest absolute Gasteiger partial charge is 0.311 e. The highest BCUT2D eigenvalue weighted by atomic mass is 32.1. The Morgan fingerprint density at radius 2 is 1.15 bits per heavy atom. The predicted octanol–water partition coefficient (Wildman–Crippen LogP) is 7.76. The van der Waals surface area contributed by atoms with Crippen LogP contribution in [0.4, 0.5) is 17.1 Å². The maximum Gasteiger partial charge on any atom is 0.252 e. The van der Waals surface area contributed by atoms with E-state index in [1.807, 2.05) is 11.3 Å². The van der Waals surface area contributed by atoms with Crippen LogP contribution < -0.4 is 21.3 Å². The minimum Gasteiger partial charge on any atom is -0.311 e. The van der Waals surface area contributed by atoms with E-state index in [1.54, 1.807) is 0 Å². The molecule has 0 atom stereocenters. The Morgan fingerprint density at radius 1 is 0.475 bits per heavy atom. The Kier molecular flexibility index (Phi) is 3.92. The SMILES string of the molecule is c1ccc(N2c3ccccc3B3c4c2cccc4-n2c4c3cccc4c3ccc4c5ccccc5sc4c32)cc1. The van der Waals surface area contributed by atoms with Gasteiger partial charge in [0.2, 0.25) is 0 Å². The van der Waals surface area contributed by atoms with Gasteiger partial charge < -0.3 is 9.47 Å². The number of nitrogens with zero attached hydrogens (tertiary/aromatic N) is 2. The summed E-state index contributed by atoms with van der Waals surface area (Å²) in [7, 11) is 0. The van der Waals surface area contributed by atoms with Gasteiger partial charge in [0.1, 0.15) is 0 Å². The first-order valence-corrected chi connectivity index (χ1v) is 14.6. The van der Waals surface area contributed by atoms with Crippen LogP contribution in [0.3, 0.4) is 0 Å². The van der Waals surface area contributed by atoms with Crippen molar-refractivity contribution in [2.24, 2.45) is 0 Å². The van der Waals surface area contributed by atoms with E-state index in [1.165, 1.54) is 81.1 Å². The first-order valence-electron chi connectivity index (χ1n) is 13.8. The van der Waals surface area contributed by atoms with Crippen LogP contribution in [0.15, 0.2) is 127 Å². The normalized spacial score (nSPS) is 13.4. The van der Waals surface area contributed by atoms with Gasteiger partial charge in [-0.05, 0) is 52.8 Å². The van der Waals surface area contributed by atoms with E-state index in [9.17, 15) is 0 Å². The molecule has 184 valence electrons. The molecule has 2 aliphatic heterocycles. The first-order chi connectivity index (χ1) is 19.9. The zero-order valence-corrected chi connectivity index (χ0v) is 22.3. The molecule has 8 aromatic rings. The maximum atomic E-state index is 2.59. The van der Waals surface area contributed by atoms with Crippen LogP contribution in [0.25, 0.3) is 47.7 Å². The van der Waals surface area contributed by atoms with Crippen LogP contribution in [-0.2, 0) is 0 Å². The molecule has 10 rings (SSSR count). The molecule has 2 nitrogen and oxygen atoms in total. The van der Waals surface area contributed by atoms with Crippen LogP contribution in [0.1, 0.15) is 0 Å². The lowest BCUT2D eigenvalue weighted by Crippen LogP contribution is -2.60. The molecule has 2 aliphatic rings. The molecule has 4 heterocycles. The molecule has 0 radical (unpaired) electrons. The number of anilines is 3. The van der Waals surface area contributed by atoms with Crippen LogP contribution in [0.5, 0.6) is 0 Å². The molecule has 0 bridgehead atoms. The lowest BCUT2D eigenvalue weighted by atomic mass is 9.34. The van der Waals surface area contributed by atoms with E-state index in [0.717, 1.165) is 0 Å². The number of aromatic nitrogens is 1. The molecule has 0 fully saturated rings. The lowest BCUT2D eigenvalue weighted by Gasteiger charge is -2.40. The zero-order chi connectivity index (χ0) is 25.9. The zero-order valence-electron chi connectivity index (χ0n) is 21.5. The van der Waals surface area contributed by atoms with Crippen LogP contribution >= 0.6 is 11.3 Å². The molecule has 4 heteroatoms. The summed E-state index contributed by atoms with van der Waals surface area (Å²) in [6, 6.07) is 47.1. The van der Waals surface area contributed by atoms with Crippen molar-refractivity contribution in [3.63, 3.8) is 0 Å². The van der Waals surface area contributed by atoms with Gasteiger partial charge in [0.25, 0.3) is 6.71 Å². The Balaban J connectivity index is 1.42. The molecule has 0 unspecified atom stereocenters. The molecular weight excluding hydrogens is 503 g/mol. The van der Waals surface area contributed by atoms with Crippen molar-refractivity contribution in [2.75, 3.05) is 4.90 Å². The van der Waals surface area contributed by atoms with Crippen LogP contribution in [0, 0.1) is 0 Å². The number of benzene rings is 6. The Labute approximate surface area is 235 Å². The quantitative estimate of drug-likeness (QED) is 0.199. The monoisotopic (exact) mass is 524 g/mol. The topological polar surface area (TPSA) is 8.17 Å². The molecule has 0 N–H and O–H groups in total. The van der Waals surface area contributed by atoms with Crippen molar-refractivity contribution in [2.45, 2.75) is 0 Å². The third-order valence-electron chi connectivity index (χ3n) is 8.97. The lowest BCUT2D eigenvalue weighted by molar-refractivity contribution is 1.18. The van der Waals surface area contributed by atoms with E-state index in [0.29, 0.717) is 0 Å². The smallest absolute Gasteiger partial charge is 0.252 e. The highest BCUT2D eigenvalue weighted by molar-refractivity contribution is 7.26. The second-order valence-electron chi connectivity index (χ2n) is 10.9. The van der Waals surface area contributed by atoms with Crippen molar-refractivity contribution in [3.8, 4) is 5.69 Å². The minimum absolute atomic E-state index is 0.181. The van der Waals surface area contributed by atoms with Gasteiger partial charge in [0.15, 0.2) is 0 Å². The van der Waals surface area contributed by atoms with Gasteiger partial charge in [-0.2, -0.15) is 0 Å². The van der Waals surface area contributed by atoms with Crippen molar-refractivity contribution in [3.05, 3.63) is 127 Å². The summed E-state index contributed by atoms with van der Waals surface area (Å²) >= 11 is 1.92. The minimum atomic E-state index is 0.181. The Morgan fingerprint density at radius 3 is 2.10 bits per heavy atom. The number of hydrogen-bond acceptors (Lipinski definition) is 2. The Hall–Kier alpha value is -4.80. The molecule has 0 aliphatic carbocycles. The fourth-order valence-corrected chi connectivity index (χ4v) is 8.69. The summed E-state index contributed by atoms with van der Waals surface area (Å²) in [4.78, 5) is 2.45. The van der Waals surface area contributed by atoms with Gasteiger partial charge in [-0.25, -0.2) is 0 Å². The van der Waals surface area contributed by atoms with Gasteiger partial charge in [-0.1, -0.05) is 91.0 Å². The molecule has 0 saturated heterocycles. The molecule has 2 aromatic heterocycles. The number of para-hydroxylation sites is 3. The van der Waals surface area contributed by atoms with Crippen LogP contribution in [0.2, 0.25) is 0 Å². The van der Waals surface area contributed by atoms with E-state index < -0.39 is 0 Å². The number of rotatable bonds is 1. The average molecular weight is 524 g/mol. The molecule has 0 amide bonds. The summed E-state index contributed by atoms with van der Waals surface area (Å²) < 4.78 is 5.30. The van der Waals surface area contributed by atoms with Gasteiger partial charge in [0, 0.05) is 54.5 Å². The van der Waals surface area contributed by atoms with Crippen LogP contribution in [-0.4, -0.2) is 11.3 Å². The summed E-state index contributed by atoms with van der Waals surface area (Å²) in [5.41, 5.74) is 11.8. The fraction of sp³-hybridized carbons (Fsp3) is 0. The molecule has 0 spiro atoms. The second kappa shape index (κ2) is 7.44. The van der Waals surface area contributed by atoms with Crippen molar-refractivity contribution in [1.82, 2.24) is 4.57 Å². The first kappa shape index (κ1) is 21.1. The summed E-state index contributed by atoms with van der Waals surface area (Å²) in [6.45, 7) is 0.181. The summed E-state index contributed by atoms with van der Waals surface area (Å²) in [6.07, 6.45) is 0. The van der Waals surface area contributed by atoms with Gasteiger partial charge in [-0.15, -0.1) is 11.3 Å². The summed E-state index contributed by atoms with van der Waals surface area (Å²) in [5.74, 6) is 0. The summed E-state index contributed by atoms with van der Waals surface area (Å²) in [5, 5.41) is 5.36. The molecule has 6 aromatic carbocycles. The van der Waals surface area contributed by atoms with E-state index >= 15 is 0 Å². The highest BCUT2D eigenvalue weighted by Crippen LogP contribution is 2.45. The molecular formula is C36H21BN2S. The van der Waals surface area contributed by atoms with Gasteiger partial charge in [-0.3, -0.25) is 0 Å². The van der Waals surface area contributed by atoms with Gasteiger partial charge >= 0.3 is 0 Å². The third kappa shape index (κ3) is 2.46. The average Bonchev–Trinajstić information content (AvgIpc) is 3.56. The number of fused-ring (bicyclic) bond motifs is 11. The van der Waals surface area contributed by atoms with E-state index in [2.05, 4.69) is 137 Å². The molecule has 40 heavy (non-hydrogen) atoms. The van der Waals surface area contributed by atoms with Crippen molar-refractivity contribution in [1.29, 1.82) is 0 Å². The van der Waals surface area contributed by atoms with Crippen molar-refractivity contribution >= 4 is 93.5 Å². The number of thiophene rings is 1. The standard InChI is InChI=1S/C36H21BN2S/c1-2-10-22(11-3-1)38-29-16-6-5-14-27(29)37-28-15-8-13-24-25-20-21-26-23-12-4-7-19-32(23)40-36(26)35(25)39(34(24)28)31-18-9-17-30(38)33(31)37/h1-21H. The van der Waals surface area contributed by atoms with E-state index in [-0.39, 0.29) is 6.71 Å². The maximum absolute atomic E-state index is 2.59.